The van der Waals surface area contributed by atoms with Crippen molar-refractivity contribution in [1.29, 1.82) is 0 Å². The largest absolute Gasteiger partial charge is 0.508 e. The molecule has 110 valence electrons. The molecule has 0 aromatic heterocycles. The SMILES string of the molecule is NC1C(=O)N2C=CC(C(=O)CNc3ccc(O)cc3)S[C@H]12. The van der Waals surface area contributed by atoms with Gasteiger partial charge in [-0.25, -0.2) is 0 Å². The summed E-state index contributed by atoms with van der Waals surface area (Å²) in [4.78, 5) is 25.2. The van der Waals surface area contributed by atoms with Gasteiger partial charge in [0.25, 0.3) is 0 Å². The van der Waals surface area contributed by atoms with Gasteiger partial charge in [-0.1, -0.05) is 0 Å². The maximum atomic E-state index is 12.2. The lowest BCUT2D eigenvalue weighted by molar-refractivity contribution is -0.140. The van der Waals surface area contributed by atoms with Gasteiger partial charge >= 0.3 is 0 Å². The van der Waals surface area contributed by atoms with Crippen LogP contribution in [-0.2, 0) is 9.59 Å². The van der Waals surface area contributed by atoms with Gasteiger partial charge in [0.1, 0.15) is 17.2 Å². The molecule has 0 bridgehead atoms. The maximum Gasteiger partial charge on any atom is 0.247 e. The van der Waals surface area contributed by atoms with Crippen molar-refractivity contribution in [2.45, 2.75) is 16.7 Å². The molecule has 2 aliphatic rings. The van der Waals surface area contributed by atoms with Crippen LogP contribution in [0.5, 0.6) is 5.75 Å². The van der Waals surface area contributed by atoms with Gasteiger partial charge in [0.15, 0.2) is 5.78 Å². The van der Waals surface area contributed by atoms with Gasteiger partial charge in [0.2, 0.25) is 5.91 Å². The van der Waals surface area contributed by atoms with E-state index in [4.69, 9.17) is 5.73 Å². The van der Waals surface area contributed by atoms with Crippen molar-refractivity contribution in [3.63, 3.8) is 0 Å². The number of thioether (sulfide) groups is 1. The zero-order valence-corrected chi connectivity index (χ0v) is 11.9. The maximum absolute atomic E-state index is 12.2. The van der Waals surface area contributed by atoms with Crippen LogP contribution in [0.15, 0.2) is 36.5 Å². The molecule has 1 aromatic rings. The van der Waals surface area contributed by atoms with Crippen LogP contribution in [0.4, 0.5) is 5.69 Å². The summed E-state index contributed by atoms with van der Waals surface area (Å²) in [5, 5.41) is 11.8. The van der Waals surface area contributed by atoms with Crippen LogP contribution in [-0.4, -0.2) is 44.9 Å². The predicted octanol–water partition coefficient (Wildman–Crippen LogP) is 0.498. The third kappa shape index (κ3) is 2.62. The summed E-state index contributed by atoms with van der Waals surface area (Å²) in [5.74, 6) is 0.105. The Bertz CT molecular complexity index is 602. The molecule has 1 fully saturated rings. The second kappa shape index (κ2) is 5.42. The van der Waals surface area contributed by atoms with Crippen LogP contribution < -0.4 is 11.1 Å². The van der Waals surface area contributed by atoms with E-state index in [-0.39, 0.29) is 34.6 Å². The molecule has 0 aliphatic carbocycles. The third-order valence-corrected chi connectivity index (χ3v) is 4.99. The minimum absolute atomic E-state index is 0.0236. The van der Waals surface area contributed by atoms with Crippen molar-refractivity contribution in [3.05, 3.63) is 36.5 Å². The molecule has 0 saturated carbocycles. The van der Waals surface area contributed by atoms with Gasteiger partial charge in [-0.15, -0.1) is 11.8 Å². The second-order valence-corrected chi connectivity index (χ2v) is 6.19. The van der Waals surface area contributed by atoms with Gasteiger partial charge < -0.3 is 21.1 Å². The van der Waals surface area contributed by atoms with E-state index in [0.717, 1.165) is 5.69 Å². The molecule has 7 heteroatoms. The molecule has 21 heavy (non-hydrogen) atoms. The molecule has 1 saturated heterocycles. The number of rotatable bonds is 4. The number of fused-ring (bicyclic) bond motifs is 1. The average Bonchev–Trinajstić information content (AvgIpc) is 2.52. The molecule has 2 heterocycles. The quantitative estimate of drug-likeness (QED) is 0.554. The number of amides is 1. The van der Waals surface area contributed by atoms with Crippen molar-refractivity contribution >= 4 is 29.1 Å². The first-order valence-electron chi connectivity index (χ1n) is 6.53. The smallest absolute Gasteiger partial charge is 0.247 e. The highest BCUT2D eigenvalue weighted by molar-refractivity contribution is 8.01. The summed E-state index contributed by atoms with van der Waals surface area (Å²) >= 11 is 1.40. The zero-order valence-electron chi connectivity index (χ0n) is 11.1. The minimum Gasteiger partial charge on any atom is -0.508 e. The number of Topliss-reactive ketones (excluding diaryl/α,β-unsaturated/α-hetero) is 1. The van der Waals surface area contributed by atoms with E-state index in [2.05, 4.69) is 5.32 Å². The van der Waals surface area contributed by atoms with E-state index in [1.54, 1.807) is 41.4 Å². The van der Waals surface area contributed by atoms with Gasteiger partial charge in [0, 0.05) is 11.9 Å². The molecular formula is C14H15N3O3S. The molecular weight excluding hydrogens is 290 g/mol. The Balaban J connectivity index is 1.57. The molecule has 3 rings (SSSR count). The zero-order chi connectivity index (χ0) is 15.0. The van der Waals surface area contributed by atoms with Crippen LogP contribution >= 0.6 is 11.8 Å². The Kier molecular flexibility index (Phi) is 3.60. The molecule has 0 spiro atoms. The topological polar surface area (TPSA) is 95.7 Å². The van der Waals surface area contributed by atoms with E-state index in [1.807, 2.05) is 0 Å². The summed E-state index contributed by atoms with van der Waals surface area (Å²) < 4.78 is 0. The van der Waals surface area contributed by atoms with E-state index in [0.29, 0.717) is 0 Å². The van der Waals surface area contributed by atoms with Gasteiger partial charge in [-0.2, -0.15) is 0 Å². The molecule has 1 amide bonds. The summed E-state index contributed by atoms with van der Waals surface area (Å²) in [6.07, 6.45) is 3.38. The van der Waals surface area contributed by atoms with Crippen molar-refractivity contribution in [1.82, 2.24) is 4.90 Å². The number of β-lactam (4-membered cyclic amide) rings is 1. The fraction of sp³-hybridized carbons (Fsp3) is 0.286. The highest BCUT2D eigenvalue weighted by Crippen LogP contribution is 2.36. The molecule has 1 aromatic carbocycles. The van der Waals surface area contributed by atoms with Gasteiger partial charge in [-0.05, 0) is 30.3 Å². The van der Waals surface area contributed by atoms with Crippen LogP contribution in [0.1, 0.15) is 0 Å². The van der Waals surface area contributed by atoms with Crippen LogP contribution in [0, 0.1) is 0 Å². The molecule has 3 atom stereocenters. The standard InChI is InChI=1S/C14H15N3O3S/c15-12-13(20)17-6-5-11(21-14(12)17)10(19)7-16-8-1-3-9(18)4-2-8/h1-6,11-12,14,16,18H,7,15H2/t11?,12?,14-/m1/s1. The first kappa shape index (κ1) is 14.0. The average molecular weight is 305 g/mol. The normalized spacial score (nSPS) is 27.0. The molecule has 4 N–H and O–H groups in total. The first-order chi connectivity index (χ1) is 10.1. The van der Waals surface area contributed by atoms with Crippen molar-refractivity contribution in [3.8, 4) is 5.75 Å². The summed E-state index contributed by atoms with van der Waals surface area (Å²) in [7, 11) is 0. The Morgan fingerprint density at radius 3 is 2.81 bits per heavy atom. The number of benzene rings is 1. The second-order valence-electron chi connectivity index (χ2n) is 4.93. The lowest BCUT2D eigenvalue weighted by Gasteiger charge is -2.46. The summed E-state index contributed by atoms with van der Waals surface area (Å²) in [5.41, 5.74) is 6.49. The van der Waals surface area contributed by atoms with Crippen LogP contribution in [0.3, 0.4) is 0 Å². The number of nitrogens with one attached hydrogen (secondary N) is 1. The summed E-state index contributed by atoms with van der Waals surface area (Å²) in [6, 6.07) is 6.00. The Labute approximate surface area is 126 Å². The Hall–Kier alpha value is -1.99. The van der Waals surface area contributed by atoms with Crippen molar-refractivity contribution in [2.24, 2.45) is 5.73 Å². The van der Waals surface area contributed by atoms with E-state index < -0.39 is 6.04 Å². The third-order valence-electron chi connectivity index (χ3n) is 3.48. The van der Waals surface area contributed by atoms with Gasteiger partial charge in [0.05, 0.1) is 11.8 Å². The number of ketones is 1. The number of anilines is 1. The fourth-order valence-electron chi connectivity index (χ4n) is 2.24. The lowest BCUT2D eigenvalue weighted by Crippen LogP contribution is -2.66. The minimum atomic E-state index is -0.514. The number of carbonyl (C=O) groups is 2. The Morgan fingerprint density at radius 1 is 1.38 bits per heavy atom. The Morgan fingerprint density at radius 2 is 2.10 bits per heavy atom. The number of phenols is 1. The van der Waals surface area contributed by atoms with Gasteiger partial charge in [-0.3, -0.25) is 9.59 Å². The van der Waals surface area contributed by atoms with E-state index in [9.17, 15) is 14.7 Å². The fourth-order valence-corrected chi connectivity index (χ4v) is 3.53. The molecule has 2 aliphatic heterocycles. The van der Waals surface area contributed by atoms with E-state index >= 15 is 0 Å². The van der Waals surface area contributed by atoms with Crippen LogP contribution in [0.25, 0.3) is 0 Å². The first-order valence-corrected chi connectivity index (χ1v) is 7.48. The van der Waals surface area contributed by atoms with E-state index in [1.165, 1.54) is 11.8 Å². The number of hydrogen-bond donors (Lipinski definition) is 3. The predicted molar refractivity (Wildman–Crippen MR) is 80.7 cm³/mol. The number of nitrogens with two attached hydrogens (primary N) is 1. The number of carbonyl (C=O) groups excluding carboxylic acids is 2. The molecule has 2 unspecified atom stereocenters. The lowest BCUT2D eigenvalue weighted by atomic mass is 10.1. The number of hydrogen-bond acceptors (Lipinski definition) is 6. The van der Waals surface area contributed by atoms with Crippen LogP contribution in [0.2, 0.25) is 0 Å². The highest BCUT2D eigenvalue weighted by atomic mass is 32.2. The van der Waals surface area contributed by atoms with Crippen molar-refractivity contribution in [2.75, 3.05) is 11.9 Å². The monoisotopic (exact) mass is 305 g/mol. The number of nitrogens with zero attached hydrogens (tertiary/aromatic N) is 1. The number of phenolic OH excluding ortho intramolecular Hbond substituents is 1. The molecule has 0 radical (unpaired) electrons. The van der Waals surface area contributed by atoms with Crippen molar-refractivity contribution < 1.29 is 14.7 Å². The number of aromatic hydroxyl groups is 1. The summed E-state index contributed by atoms with van der Waals surface area (Å²) in [6.45, 7) is 0.183. The highest BCUT2D eigenvalue weighted by Gasteiger charge is 2.47. The molecule has 6 nitrogen and oxygen atoms in total.